The maximum Gasteiger partial charge on any atom is 0.299 e. The molecule has 0 aromatic heterocycles. The van der Waals surface area contributed by atoms with Gasteiger partial charge in [0.15, 0.2) is 0 Å². The molecule has 0 aliphatic carbocycles. The van der Waals surface area contributed by atoms with Gasteiger partial charge in [0.05, 0.1) is 24.8 Å². The molecule has 0 saturated heterocycles. The fourth-order valence-corrected chi connectivity index (χ4v) is 0.971. The third-order valence-electron chi connectivity index (χ3n) is 0.998. The molecule has 0 spiro atoms. The maximum absolute atomic E-state index is 10.1. The van der Waals surface area contributed by atoms with Gasteiger partial charge in [0.25, 0.3) is 6.41 Å². The molecule has 0 radical (unpaired) electrons. The van der Waals surface area contributed by atoms with Gasteiger partial charge in [-0.2, -0.15) is 0 Å². The van der Waals surface area contributed by atoms with E-state index in [2.05, 4.69) is 0 Å². The lowest BCUT2D eigenvalue weighted by atomic mass is 10.6. The summed E-state index contributed by atoms with van der Waals surface area (Å²) in [4.78, 5) is 10.9. The van der Waals surface area contributed by atoms with Crippen LogP contribution in [0.4, 0.5) is 0 Å². The van der Waals surface area contributed by atoms with Gasteiger partial charge in [-0.25, -0.2) is 4.79 Å². The molecule has 0 heterocycles. The molecular formula is C5H10Cl3NO. The number of hydrogen-bond donors (Lipinski definition) is 1. The summed E-state index contributed by atoms with van der Waals surface area (Å²) >= 11 is 10.8. The Morgan fingerprint density at radius 3 is 1.80 bits per heavy atom. The lowest BCUT2D eigenvalue weighted by Crippen LogP contribution is -3.11. The lowest BCUT2D eigenvalue weighted by molar-refractivity contribution is -0.805. The quantitative estimate of drug-likeness (QED) is 0.366. The number of rotatable bonds is 5. The lowest BCUT2D eigenvalue weighted by Gasteiger charge is -2.06. The first kappa shape index (κ1) is 13.1. The highest BCUT2D eigenvalue weighted by molar-refractivity contribution is 6.18. The van der Waals surface area contributed by atoms with E-state index in [0.29, 0.717) is 24.8 Å². The molecule has 0 saturated carbocycles. The Kier molecular flexibility index (Phi) is 12.5. The summed E-state index contributed by atoms with van der Waals surface area (Å²) in [5.74, 6) is 1.01. The largest absolute Gasteiger partial charge is 1.00 e. The van der Waals surface area contributed by atoms with Crippen LogP contribution >= 0.6 is 23.2 Å². The Labute approximate surface area is 76.9 Å². The summed E-state index contributed by atoms with van der Waals surface area (Å²) in [7, 11) is 0. The van der Waals surface area contributed by atoms with E-state index in [4.69, 9.17) is 23.2 Å². The number of halogens is 3. The van der Waals surface area contributed by atoms with Crippen molar-refractivity contribution in [2.75, 3.05) is 24.8 Å². The number of hydrogen-bond acceptors (Lipinski definition) is 1. The predicted octanol–water partition coefficient (Wildman–Crippen LogP) is -3.49. The molecule has 0 unspecified atom stereocenters. The van der Waals surface area contributed by atoms with Crippen molar-refractivity contribution in [3.05, 3.63) is 0 Å². The van der Waals surface area contributed by atoms with Gasteiger partial charge in [-0.3, -0.25) is 4.90 Å². The van der Waals surface area contributed by atoms with Crippen LogP contribution in [0.5, 0.6) is 0 Å². The second-order valence-corrected chi connectivity index (χ2v) is 2.41. The molecule has 0 aromatic rings. The van der Waals surface area contributed by atoms with Gasteiger partial charge in [-0.15, -0.1) is 23.2 Å². The van der Waals surface area contributed by atoms with Crippen molar-refractivity contribution >= 4 is 29.6 Å². The molecule has 0 aromatic carbocycles. The standard InChI is InChI=1S/C5H9Cl2NO.ClH/c6-1-3-8(5-9)4-2-7;/h5H,1-4H2;1H. The minimum absolute atomic E-state index is 0. The monoisotopic (exact) mass is 205 g/mol. The second kappa shape index (κ2) is 9.50. The van der Waals surface area contributed by atoms with Crippen LogP contribution in [0.15, 0.2) is 0 Å². The van der Waals surface area contributed by atoms with Crippen molar-refractivity contribution in [3.63, 3.8) is 0 Å². The summed E-state index contributed by atoms with van der Waals surface area (Å²) in [6.45, 7) is 1.33. The van der Waals surface area contributed by atoms with E-state index in [9.17, 15) is 4.79 Å². The molecule has 0 atom stereocenters. The van der Waals surface area contributed by atoms with Crippen molar-refractivity contribution in [1.82, 2.24) is 0 Å². The Morgan fingerprint density at radius 2 is 1.60 bits per heavy atom. The molecule has 0 aliphatic rings. The Hall–Kier alpha value is 0.500. The average Bonchev–Trinajstić information content (AvgIpc) is 1.88. The van der Waals surface area contributed by atoms with Gasteiger partial charge in [-0.05, 0) is 0 Å². The minimum Gasteiger partial charge on any atom is -1.00 e. The fraction of sp³-hybridized carbons (Fsp3) is 0.800. The number of amides is 1. The van der Waals surface area contributed by atoms with Crippen molar-refractivity contribution in [3.8, 4) is 0 Å². The summed E-state index contributed by atoms with van der Waals surface area (Å²) in [6.07, 6.45) is 0.838. The highest BCUT2D eigenvalue weighted by Crippen LogP contribution is 1.67. The van der Waals surface area contributed by atoms with Crippen LogP contribution in [0.3, 0.4) is 0 Å². The minimum atomic E-state index is 0. The van der Waals surface area contributed by atoms with Crippen LogP contribution in [0, 0.1) is 0 Å². The molecule has 62 valence electrons. The first-order chi connectivity index (χ1) is 4.35. The van der Waals surface area contributed by atoms with Crippen LogP contribution in [0.2, 0.25) is 0 Å². The number of quaternary nitrogens is 1. The molecule has 0 bridgehead atoms. The molecule has 5 heteroatoms. The zero-order valence-electron chi connectivity index (χ0n) is 5.45. The van der Waals surface area contributed by atoms with E-state index in [-0.39, 0.29) is 12.4 Å². The molecule has 10 heavy (non-hydrogen) atoms. The number of alkyl halides is 2. The topological polar surface area (TPSA) is 21.5 Å². The third-order valence-corrected chi connectivity index (χ3v) is 1.38. The smallest absolute Gasteiger partial charge is 0.299 e. The van der Waals surface area contributed by atoms with Gasteiger partial charge in [0, 0.05) is 0 Å². The highest BCUT2D eigenvalue weighted by Gasteiger charge is 2.02. The maximum atomic E-state index is 10.1. The normalized spacial score (nSPS) is 9.10. The SMILES string of the molecule is O=C[NH+](CCCl)CCCl.[Cl-]. The van der Waals surface area contributed by atoms with Crippen molar-refractivity contribution < 1.29 is 22.1 Å². The second-order valence-electron chi connectivity index (χ2n) is 1.65. The Balaban J connectivity index is 0. The van der Waals surface area contributed by atoms with Gasteiger partial charge in [-0.1, -0.05) is 0 Å². The molecule has 1 N–H and O–H groups in total. The van der Waals surface area contributed by atoms with Crippen LogP contribution in [0.25, 0.3) is 0 Å². The van der Waals surface area contributed by atoms with Crippen molar-refractivity contribution in [2.24, 2.45) is 0 Å². The van der Waals surface area contributed by atoms with Crippen LogP contribution in [-0.2, 0) is 4.79 Å². The van der Waals surface area contributed by atoms with Gasteiger partial charge in [0.2, 0.25) is 0 Å². The average molecular weight is 206 g/mol. The van der Waals surface area contributed by atoms with E-state index < -0.39 is 0 Å². The van der Waals surface area contributed by atoms with E-state index >= 15 is 0 Å². The van der Waals surface area contributed by atoms with Gasteiger partial charge < -0.3 is 12.4 Å². The number of carbonyl (C=O) groups excluding carboxylic acids is 1. The Bertz CT molecular complexity index is 75.3. The van der Waals surface area contributed by atoms with E-state index in [1.165, 1.54) is 0 Å². The van der Waals surface area contributed by atoms with Crippen LogP contribution in [-0.4, -0.2) is 31.3 Å². The number of carbonyl (C=O) groups is 1. The molecule has 0 fully saturated rings. The van der Waals surface area contributed by atoms with Crippen LogP contribution in [0.1, 0.15) is 0 Å². The van der Waals surface area contributed by atoms with Crippen LogP contribution < -0.4 is 17.3 Å². The van der Waals surface area contributed by atoms with Gasteiger partial charge >= 0.3 is 0 Å². The zero-order valence-corrected chi connectivity index (χ0v) is 7.72. The first-order valence-electron chi connectivity index (χ1n) is 2.77. The van der Waals surface area contributed by atoms with E-state index in [0.717, 1.165) is 11.3 Å². The molecule has 1 amide bonds. The first-order valence-corrected chi connectivity index (χ1v) is 3.84. The summed E-state index contributed by atoms with van der Waals surface area (Å²) in [6, 6.07) is 0. The Morgan fingerprint density at radius 1 is 1.20 bits per heavy atom. The molecular weight excluding hydrogens is 196 g/mol. The summed E-state index contributed by atoms with van der Waals surface area (Å²) < 4.78 is 0. The molecule has 2 nitrogen and oxygen atoms in total. The third kappa shape index (κ3) is 6.62. The summed E-state index contributed by atoms with van der Waals surface area (Å²) in [5.41, 5.74) is 0. The zero-order chi connectivity index (χ0) is 7.11. The summed E-state index contributed by atoms with van der Waals surface area (Å²) in [5, 5.41) is 0. The molecule has 0 aliphatic heterocycles. The van der Waals surface area contributed by atoms with E-state index in [1.807, 2.05) is 0 Å². The molecule has 0 rings (SSSR count). The predicted molar refractivity (Wildman–Crippen MR) is 38.2 cm³/mol. The van der Waals surface area contributed by atoms with Gasteiger partial charge in [0.1, 0.15) is 0 Å². The van der Waals surface area contributed by atoms with Crippen molar-refractivity contribution in [2.45, 2.75) is 0 Å². The van der Waals surface area contributed by atoms with Crippen molar-refractivity contribution in [1.29, 1.82) is 0 Å². The van der Waals surface area contributed by atoms with E-state index in [1.54, 1.807) is 0 Å². The highest BCUT2D eigenvalue weighted by atomic mass is 35.5. The number of nitrogens with one attached hydrogen (secondary N) is 1. The fourth-order valence-electron chi connectivity index (χ4n) is 0.486.